The minimum Gasteiger partial charge on any atom is -0.379 e. The molecule has 2 aliphatic rings. The molecular formula is C22H31N3O4S. The Morgan fingerprint density at radius 1 is 1.20 bits per heavy atom. The number of benzene rings is 1. The number of aryl methyl sites for hydroxylation is 1. The number of hydrogen-bond donors (Lipinski definition) is 2. The highest BCUT2D eigenvalue weighted by Gasteiger charge is 2.34. The van der Waals surface area contributed by atoms with Crippen molar-refractivity contribution < 1.29 is 17.9 Å². The molecule has 0 saturated carbocycles. The van der Waals surface area contributed by atoms with Gasteiger partial charge in [0.15, 0.2) is 5.78 Å². The molecule has 4 rings (SSSR count). The lowest BCUT2D eigenvalue weighted by Crippen LogP contribution is -2.38. The summed E-state index contributed by atoms with van der Waals surface area (Å²) in [5.74, 6) is 0.128. The average molecular weight is 434 g/mol. The maximum Gasteiger partial charge on any atom is 0.240 e. The maximum absolute atomic E-state index is 12.9. The molecule has 1 saturated heterocycles. The van der Waals surface area contributed by atoms with Crippen LogP contribution in [0.2, 0.25) is 0 Å². The van der Waals surface area contributed by atoms with E-state index in [2.05, 4.69) is 28.5 Å². The Balaban J connectivity index is 1.52. The Morgan fingerprint density at radius 2 is 1.93 bits per heavy atom. The van der Waals surface area contributed by atoms with E-state index in [1.165, 1.54) is 0 Å². The number of ketones is 1. The Kier molecular flexibility index (Phi) is 5.78. The Labute approximate surface area is 178 Å². The minimum absolute atomic E-state index is 0.0864. The van der Waals surface area contributed by atoms with Crippen LogP contribution in [0.15, 0.2) is 17.0 Å². The lowest BCUT2D eigenvalue weighted by molar-refractivity contribution is 0.0376. The monoisotopic (exact) mass is 433 g/mol. The summed E-state index contributed by atoms with van der Waals surface area (Å²) in [7, 11) is -3.62. The van der Waals surface area contributed by atoms with Crippen LogP contribution in [0.3, 0.4) is 0 Å². The summed E-state index contributed by atoms with van der Waals surface area (Å²) < 4.78 is 33.9. The summed E-state index contributed by atoms with van der Waals surface area (Å²) >= 11 is 0. The number of rotatable bonds is 6. The van der Waals surface area contributed by atoms with Crippen molar-refractivity contribution in [3.05, 3.63) is 29.0 Å². The summed E-state index contributed by atoms with van der Waals surface area (Å²) in [6.45, 7) is 10.5. The van der Waals surface area contributed by atoms with Crippen molar-refractivity contribution in [3.8, 4) is 0 Å². The predicted octanol–water partition coefficient (Wildman–Crippen LogP) is 2.63. The van der Waals surface area contributed by atoms with Crippen LogP contribution in [-0.2, 0) is 21.2 Å². The van der Waals surface area contributed by atoms with Gasteiger partial charge in [0, 0.05) is 48.2 Å². The molecule has 0 amide bonds. The van der Waals surface area contributed by atoms with E-state index in [1.54, 1.807) is 13.0 Å². The first-order valence-corrected chi connectivity index (χ1v) is 12.1. The number of aromatic amines is 1. The molecule has 2 aromatic rings. The lowest BCUT2D eigenvalue weighted by atomic mass is 9.76. The van der Waals surface area contributed by atoms with E-state index in [0.717, 1.165) is 62.3 Å². The van der Waals surface area contributed by atoms with Crippen LogP contribution < -0.4 is 4.72 Å². The highest BCUT2D eigenvalue weighted by Crippen LogP contribution is 2.38. The number of carbonyl (C=O) groups is 1. The zero-order valence-corrected chi connectivity index (χ0v) is 18.8. The number of ether oxygens (including phenoxy) is 1. The summed E-state index contributed by atoms with van der Waals surface area (Å²) in [5, 5.41) is 0.828. The summed E-state index contributed by atoms with van der Waals surface area (Å²) in [4.78, 5) is 18.6. The number of hydrogen-bond acceptors (Lipinski definition) is 5. The molecule has 1 fully saturated rings. The second-order valence-corrected chi connectivity index (χ2v) is 11.0. The fourth-order valence-electron chi connectivity index (χ4n) is 4.60. The van der Waals surface area contributed by atoms with Gasteiger partial charge in [-0.15, -0.1) is 0 Å². The maximum atomic E-state index is 12.9. The SMILES string of the molecule is Cc1cc2c3c([nH]c2cc1S(=O)(=O)NCCCN1CCOCC1)CC(C)(C)CC3=O. The van der Waals surface area contributed by atoms with Crippen molar-refractivity contribution in [2.24, 2.45) is 5.41 Å². The number of aromatic nitrogens is 1. The van der Waals surface area contributed by atoms with E-state index in [9.17, 15) is 13.2 Å². The fraction of sp³-hybridized carbons (Fsp3) is 0.591. The second kappa shape index (κ2) is 8.07. The molecule has 7 nitrogen and oxygen atoms in total. The van der Waals surface area contributed by atoms with Gasteiger partial charge < -0.3 is 9.72 Å². The molecule has 1 aliphatic heterocycles. The van der Waals surface area contributed by atoms with Crippen molar-refractivity contribution in [1.82, 2.24) is 14.6 Å². The van der Waals surface area contributed by atoms with Crippen LogP contribution in [0.1, 0.15) is 48.3 Å². The zero-order valence-electron chi connectivity index (χ0n) is 18.0. The van der Waals surface area contributed by atoms with Gasteiger partial charge in [0.25, 0.3) is 0 Å². The molecule has 0 unspecified atom stereocenters. The Hall–Kier alpha value is -1.74. The van der Waals surface area contributed by atoms with E-state index in [-0.39, 0.29) is 16.1 Å². The van der Waals surface area contributed by atoms with Gasteiger partial charge in [-0.05, 0) is 49.4 Å². The highest BCUT2D eigenvalue weighted by atomic mass is 32.2. The van der Waals surface area contributed by atoms with Gasteiger partial charge in [0.05, 0.1) is 18.1 Å². The number of nitrogens with one attached hydrogen (secondary N) is 2. The molecule has 1 aliphatic carbocycles. The number of H-pyrrole nitrogens is 1. The largest absolute Gasteiger partial charge is 0.379 e. The first-order valence-electron chi connectivity index (χ1n) is 10.6. The molecule has 164 valence electrons. The first kappa shape index (κ1) is 21.5. The zero-order chi connectivity index (χ0) is 21.5. The molecule has 0 radical (unpaired) electrons. The molecule has 1 aromatic carbocycles. The molecule has 2 N–H and O–H groups in total. The van der Waals surface area contributed by atoms with Gasteiger partial charge in [-0.3, -0.25) is 9.69 Å². The topological polar surface area (TPSA) is 91.5 Å². The lowest BCUT2D eigenvalue weighted by Gasteiger charge is -2.28. The van der Waals surface area contributed by atoms with Gasteiger partial charge in [-0.2, -0.15) is 0 Å². The van der Waals surface area contributed by atoms with Gasteiger partial charge >= 0.3 is 0 Å². The number of sulfonamides is 1. The minimum atomic E-state index is -3.62. The number of carbonyl (C=O) groups excluding carboxylic acids is 1. The van der Waals surface area contributed by atoms with E-state index >= 15 is 0 Å². The number of fused-ring (bicyclic) bond motifs is 3. The van der Waals surface area contributed by atoms with Crippen LogP contribution in [-0.4, -0.2) is 63.5 Å². The number of nitrogens with zero attached hydrogens (tertiary/aromatic N) is 1. The third kappa shape index (κ3) is 4.32. The smallest absolute Gasteiger partial charge is 0.240 e. The van der Waals surface area contributed by atoms with Crippen LogP contribution in [0.4, 0.5) is 0 Å². The van der Waals surface area contributed by atoms with Crippen molar-refractivity contribution in [2.45, 2.75) is 44.9 Å². The number of morpholine rings is 1. The normalized spacial score (nSPS) is 19.9. The number of Topliss-reactive ketones (excluding diaryl/α,β-unsaturated/α-hetero) is 1. The average Bonchev–Trinajstić information content (AvgIpc) is 3.01. The van der Waals surface area contributed by atoms with E-state index in [4.69, 9.17) is 4.74 Å². The molecular weight excluding hydrogens is 402 g/mol. The molecule has 2 heterocycles. The van der Waals surface area contributed by atoms with Crippen molar-refractivity contribution >= 4 is 26.7 Å². The van der Waals surface area contributed by atoms with E-state index in [1.807, 2.05) is 6.07 Å². The van der Waals surface area contributed by atoms with Gasteiger partial charge in [-0.1, -0.05) is 13.8 Å². The standard InChI is InChI=1S/C22H31N3O4S/c1-15-11-16-17(24-18-13-22(2,3)14-19(26)21(16)18)12-20(15)30(27,28)23-5-4-6-25-7-9-29-10-8-25/h11-12,23-24H,4-10,13-14H2,1-3H3. The van der Waals surface area contributed by atoms with Gasteiger partial charge in [0.1, 0.15) is 0 Å². The second-order valence-electron chi connectivity index (χ2n) is 9.29. The fourth-order valence-corrected chi connectivity index (χ4v) is 5.93. The summed E-state index contributed by atoms with van der Waals surface area (Å²) in [5.41, 5.74) is 2.93. The van der Waals surface area contributed by atoms with E-state index in [0.29, 0.717) is 24.0 Å². The molecule has 30 heavy (non-hydrogen) atoms. The quantitative estimate of drug-likeness (QED) is 0.684. The van der Waals surface area contributed by atoms with Crippen LogP contribution in [0, 0.1) is 12.3 Å². The molecule has 0 spiro atoms. The van der Waals surface area contributed by atoms with Gasteiger partial charge in [-0.25, -0.2) is 13.1 Å². The van der Waals surface area contributed by atoms with Crippen molar-refractivity contribution in [3.63, 3.8) is 0 Å². The van der Waals surface area contributed by atoms with Crippen molar-refractivity contribution in [1.29, 1.82) is 0 Å². The Morgan fingerprint density at radius 3 is 2.67 bits per heavy atom. The summed E-state index contributed by atoms with van der Waals surface area (Å²) in [6.07, 6.45) is 2.04. The molecule has 0 atom stereocenters. The Bertz CT molecular complexity index is 1070. The van der Waals surface area contributed by atoms with Crippen molar-refractivity contribution in [2.75, 3.05) is 39.4 Å². The van der Waals surface area contributed by atoms with Crippen LogP contribution >= 0.6 is 0 Å². The molecule has 0 bridgehead atoms. The van der Waals surface area contributed by atoms with Gasteiger partial charge in [0.2, 0.25) is 10.0 Å². The third-order valence-electron chi connectivity index (χ3n) is 6.08. The summed E-state index contributed by atoms with van der Waals surface area (Å²) in [6, 6.07) is 3.51. The van der Waals surface area contributed by atoms with E-state index < -0.39 is 10.0 Å². The first-order chi connectivity index (χ1) is 14.2. The molecule has 8 heteroatoms. The highest BCUT2D eigenvalue weighted by molar-refractivity contribution is 7.89. The molecule has 1 aromatic heterocycles. The van der Waals surface area contributed by atoms with Crippen LogP contribution in [0.25, 0.3) is 10.9 Å². The third-order valence-corrected chi connectivity index (χ3v) is 7.68. The van der Waals surface area contributed by atoms with Crippen LogP contribution in [0.5, 0.6) is 0 Å². The predicted molar refractivity (Wildman–Crippen MR) is 117 cm³/mol.